The predicted octanol–water partition coefficient (Wildman–Crippen LogP) is 3.72. The Morgan fingerprint density at radius 2 is 2.00 bits per heavy atom. The highest BCUT2D eigenvalue weighted by Gasteiger charge is 2.27. The number of rotatable bonds is 2. The van der Waals surface area contributed by atoms with Crippen LogP contribution in [0.5, 0.6) is 0 Å². The molecule has 1 aromatic heterocycles. The Morgan fingerprint density at radius 3 is 2.67 bits per heavy atom. The first-order valence-corrected chi connectivity index (χ1v) is 9.16. The third kappa shape index (κ3) is 5.45. The SMILES string of the molecule is FC(F)F.Nc1nccn(Cc2cc3c(cc2Cl)[C@H](C#CC2CC2)OC(=O)N3)c1=O. The molecule has 0 radical (unpaired) electrons. The zero-order chi connectivity index (χ0) is 21.8. The molecular weight excluding hydrogens is 425 g/mol. The Balaban J connectivity index is 0.000000589. The van der Waals surface area contributed by atoms with Crippen LogP contribution in [-0.4, -0.2) is 22.3 Å². The average Bonchev–Trinajstić information content (AvgIpc) is 3.48. The Hall–Kier alpha value is -3.19. The van der Waals surface area contributed by atoms with Gasteiger partial charge in [0, 0.05) is 28.9 Å². The number of cyclic esters (lactones) is 1. The number of benzene rings is 1. The van der Waals surface area contributed by atoms with E-state index in [9.17, 15) is 22.8 Å². The number of hydrogen-bond acceptors (Lipinski definition) is 5. The van der Waals surface area contributed by atoms with Gasteiger partial charge in [-0.05, 0) is 30.5 Å². The van der Waals surface area contributed by atoms with Crippen molar-refractivity contribution < 1.29 is 22.7 Å². The molecule has 1 amide bonds. The average molecular weight is 441 g/mol. The van der Waals surface area contributed by atoms with Crippen LogP contribution in [0.25, 0.3) is 0 Å². The van der Waals surface area contributed by atoms with Gasteiger partial charge in [-0.2, -0.15) is 13.2 Å². The summed E-state index contributed by atoms with van der Waals surface area (Å²) < 4.78 is 35.7. The summed E-state index contributed by atoms with van der Waals surface area (Å²) in [6, 6.07) is 3.44. The molecule has 1 saturated carbocycles. The molecule has 2 aromatic rings. The van der Waals surface area contributed by atoms with Gasteiger partial charge in [-0.1, -0.05) is 23.4 Å². The lowest BCUT2D eigenvalue weighted by molar-refractivity contribution is 0.00818. The van der Waals surface area contributed by atoms with Crippen molar-refractivity contribution in [2.75, 3.05) is 11.1 Å². The number of carbonyl (C=O) groups is 1. The summed E-state index contributed by atoms with van der Waals surface area (Å²) in [5, 5.41) is 3.11. The van der Waals surface area contributed by atoms with Crippen LogP contribution >= 0.6 is 11.6 Å². The van der Waals surface area contributed by atoms with Crippen molar-refractivity contribution in [1.82, 2.24) is 9.55 Å². The van der Waals surface area contributed by atoms with Crippen molar-refractivity contribution in [1.29, 1.82) is 0 Å². The second-order valence-corrected chi connectivity index (χ2v) is 6.90. The van der Waals surface area contributed by atoms with E-state index in [1.165, 1.54) is 17.0 Å². The molecule has 7 nitrogen and oxygen atoms in total. The summed E-state index contributed by atoms with van der Waals surface area (Å²) in [4.78, 5) is 27.6. The predicted molar refractivity (Wildman–Crippen MR) is 104 cm³/mol. The highest BCUT2D eigenvalue weighted by atomic mass is 35.5. The maximum absolute atomic E-state index is 12.1. The molecule has 1 aliphatic carbocycles. The number of nitrogens with one attached hydrogen (secondary N) is 1. The first-order valence-electron chi connectivity index (χ1n) is 8.78. The summed E-state index contributed by atoms with van der Waals surface area (Å²) in [6.45, 7) is -3.47. The molecule has 1 aliphatic heterocycles. The van der Waals surface area contributed by atoms with Crippen LogP contribution in [0.4, 0.5) is 29.5 Å². The van der Waals surface area contributed by atoms with Gasteiger partial charge in [-0.25, -0.2) is 9.78 Å². The summed E-state index contributed by atoms with van der Waals surface area (Å²) in [7, 11) is 0. The standard InChI is InChI=1S/C18H15ClN4O3.CHF3/c19-13-8-12-14(22-18(25)26-15(12)4-3-10-1-2-10)7-11(13)9-23-6-5-21-16(20)17(23)24;2-1(3)4/h5-8,10,15H,1-2,9H2,(H2,20,21)(H,22,25);1H/t15-;/m0./s1. The lowest BCUT2D eigenvalue weighted by Gasteiger charge is -2.24. The summed E-state index contributed by atoms with van der Waals surface area (Å²) in [6.07, 6.45) is 3.93. The number of nitrogen functional groups attached to an aromatic ring is 1. The highest BCUT2D eigenvalue weighted by molar-refractivity contribution is 6.31. The molecule has 2 aliphatic rings. The van der Waals surface area contributed by atoms with Gasteiger partial charge in [0.15, 0.2) is 11.9 Å². The van der Waals surface area contributed by atoms with Crippen molar-refractivity contribution in [2.24, 2.45) is 5.92 Å². The molecule has 0 spiro atoms. The molecule has 1 atom stereocenters. The molecule has 30 heavy (non-hydrogen) atoms. The Morgan fingerprint density at radius 1 is 1.30 bits per heavy atom. The van der Waals surface area contributed by atoms with Gasteiger partial charge in [-0.3, -0.25) is 10.1 Å². The van der Waals surface area contributed by atoms with Gasteiger partial charge in [0.2, 0.25) is 0 Å². The van der Waals surface area contributed by atoms with Gasteiger partial charge in [0.05, 0.1) is 12.2 Å². The number of hydrogen-bond donors (Lipinski definition) is 2. The molecular formula is C19H16ClF3N4O3. The third-order valence-electron chi connectivity index (χ3n) is 4.24. The molecule has 2 heterocycles. The maximum atomic E-state index is 12.1. The third-order valence-corrected chi connectivity index (χ3v) is 4.59. The van der Waals surface area contributed by atoms with E-state index in [0.717, 1.165) is 12.8 Å². The fourth-order valence-corrected chi connectivity index (χ4v) is 2.92. The van der Waals surface area contributed by atoms with Crippen LogP contribution < -0.4 is 16.6 Å². The molecule has 4 rings (SSSR count). The molecule has 1 fully saturated rings. The summed E-state index contributed by atoms with van der Waals surface area (Å²) in [5.74, 6) is 6.43. The van der Waals surface area contributed by atoms with Gasteiger partial charge in [0.1, 0.15) is 0 Å². The van der Waals surface area contributed by atoms with Crippen molar-refractivity contribution in [3.8, 4) is 11.8 Å². The van der Waals surface area contributed by atoms with Crippen LogP contribution in [0.3, 0.4) is 0 Å². The zero-order valence-corrected chi connectivity index (χ0v) is 16.1. The Labute approximate surface area is 174 Å². The van der Waals surface area contributed by atoms with Crippen molar-refractivity contribution in [2.45, 2.75) is 32.2 Å². The van der Waals surface area contributed by atoms with Crippen molar-refractivity contribution in [3.63, 3.8) is 0 Å². The smallest absolute Gasteiger partial charge is 0.413 e. The second kappa shape index (κ2) is 9.09. The normalized spacial score (nSPS) is 17.0. The van der Waals surface area contributed by atoms with Gasteiger partial charge >= 0.3 is 12.8 Å². The molecule has 3 N–H and O–H groups in total. The number of nitrogens with zero attached hydrogens (tertiary/aromatic N) is 2. The lowest BCUT2D eigenvalue weighted by Crippen LogP contribution is -2.26. The Kier molecular flexibility index (Phi) is 6.52. The molecule has 11 heteroatoms. The first kappa shape index (κ1) is 21.5. The number of anilines is 2. The molecule has 1 aromatic carbocycles. The number of alkyl halides is 3. The minimum absolute atomic E-state index is 0.0845. The van der Waals surface area contributed by atoms with Gasteiger partial charge in [-0.15, -0.1) is 0 Å². The van der Waals surface area contributed by atoms with Crippen LogP contribution in [-0.2, 0) is 11.3 Å². The summed E-state index contributed by atoms with van der Waals surface area (Å²) >= 11 is 6.40. The molecule has 158 valence electrons. The number of nitrogens with two attached hydrogens (primary N) is 1. The maximum Gasteiger partial charge on any atom is 0.413 e. The number of amides is 1. The molecule has 0 bridgehead atoms. The van der Waals surface area contributed by atoms with Gasteiger partial charge < -0.3 is 15.0 Å². The van der Waals surface area contributed by atoms with Crippen LogP contribution in [0, 0.1) is 17.8 Å². The first-order chi connectivity index (χ1) is 14.2. The fraction of sp³-hybridized carbons (Fsp3) is 0.316. The molecule has 0 saturated heterocycles. The van der Waals surface area contributed by atoms with Crippen LogP contribution in [0.15, 0.2) is 29.3 Å². The van der Waals surface area contributed by atoms with Crippen LogP contribution in [0.1, 0.15) is 30.1 Å². The topological polar surface area (TPSA) is 99.2 Å². The van der Waals surface area contributed by atoms with E-state index in [1.54, 1.807) is 12.1 Å². The van der Waals surface area contributed by atoms with E-state index >= 15 is 0 Å². The molecule has 0 unspecified atom stereocenters. The lowest BCUT2D eigenvalue weighted by atomic mass is 10.0. The van der Waals surface area contributed by atoms with Crippen LogP contribution in [0.2, 0.25) is 5.02 Å². The fourth-order valence-electron chi connectivity index (χ4n) is 2.69. The number of aromatic nitrogens is 2. The minimum Gasteiger partial charge on any atom is -0.428 e. The van der Waals surface area contributed by atoms with E-state index in [0.29, 0.717) is 27.8 Å². The van der Waals surface area contributed by atoms with E-state index in [-0.39, 0.29) is 12.4 Å². The quantitative estimate of drug-likeness (QED) is 0.693. The zero-order valence-electron chi connectivity index (χ0n) is 15.4. The van der Waals surface area contributed by atoms with E-state index in [4.69, 9.17) is 22.1 Å². The van der Waals surface area contributed by atoms with Gasteiger partial charge in [0.25, 0.3) is 5.56 Å². The van der Waals surface area contributed by atoms with E-state index in [2.05, 4.69) is 22.1 Å². The summed E-state index contributed by atoms with van der Waals surface area (Å²) in [5.41, 5.74) is 7.09. The highest BCUT2D eigenvalue weighted by Crippen LogP contribution is 2.36. The monoisotopic (exact) mass is 440 g/mol. The largest absolute Gasteiger partial charge is 0.428 e. The van der Waals surface area contributed by atoms with E-state index < -0.39 is 24.4 Å². The van der Waals surface area contributed by atoms with E-state index in [1.807, 2.05) is 0 Å². The number of carbonyl (C=O) groups excluding carboxylic acids is 1. The van der Waals surface area contributed by atoms with Crippen molar-refractivity contribution in [3.05, 3.63) is 51.0 Å². The van der Waals surface area contributed by atoms with Crippen molar-refractivity contribution >= 4 is 29.2 Å². The number of fused-ring (bicyclic) bond motifs is 1. The minimum atomic E-state index is -3.67. The Bertz CT molecular complexity index is 1070. The number of halogens is 4. The number of ether oxygens (including phenoxy) is 1. The second-order valence-electron chi connectivity index (χ2n) is 6.50.